The van der Waals surface area contributed by atoms with Crippen molar-refractivity contribution in [3.05, 3.63) is 11.4 Å². The molecule has 2 aliphatic carbocycles. The van der Waals surface area contributed by atoms with Crippen LogP contribution in [0, 0.1) is 23.7 Å². The molecule has 3 unspecified atom stereocenters. The second-order valence-corrected chi connectivity index (χ2v) is 7.61. The highest BCUT2D eigenvalue weighted by atomic mass is 16.2. The molecule has 21 heavy (non-hydrogen) atoms. The molecule has 3 rings (SSSR count). The maximum absolute atomic E-state index is 12.6. The minimum Gasteiger partial charge on any atom is -0.395 e. The lowest BCUT2D eigenvalue weighted by molar-refractivity contribution is 0.0818. The number of rotatable bonds is 2. The highest BCUT2D eigenvalue weighted by molar-refractivity contribution is 5.98. The van der Waals surface area contributed by atoms with E-state index in [1.165, 1.54) is 12.8 Å². The number of hydrogen-bond acceptors (Lipinski definition) is 3. The lowest BCUT2D eigenvalue weighted by Crippen LogP contribution is -2.47. The first kappa shape index (κ1) is 14.4. The first-order valence-electron chi connectivity index (χ1n) is 7.78. The fraction of sp³-hybridized carbons (Fsp3) is 0.750. The van der Waals surface area contributed by atoms with Gasteiger partial charge in [0.15, 0.2) is 0 Å². The molecule has 5 heteroatoms. The van der Waals surface area contributed by atoms with Gasteiger partial charge in [0.1, 0.15) is 5.69 Å². The molecular weight excluding hydrogens is 264 g/mol. The fourth-order valence-electron chi connectivity index (χ4n) is 4.59. The van der Waals surface area contributed by atoms with Crippen LogP contribution in [0.5, 0.6) is 0 Å². The van der Waals surface area contributed by atoms with Crippen molar-refractivity contribution in [3.8, 4) is 0 Å². The summed E-state index contributed by atoms with van der Waals surface area (Å²) < 4.78 is 1.58. The molecule has 0 aliphatic heterocycles. The van der Waals surface area contributed by atoms with Crippen molar-refractivity contribution in [2.75, 3.05) is 5.73 Å². The Balaban J connectivity index is 1.84. The number of fused-ring (bicyclic) bond motifs is 2. The van der Waals surface area contributed by atoms with Gasteiger partial charge in [-0.3, -0.25) is 9.48 Å². The zero-order valence-electron chi connectivity index (χ0n) is 13.7. The van der Waals surface area contributed by atoms with Crippen molar-refractivity contribution in [2.45, 2.75) is 53.0 Å². The molecular formula is C16H26N4O. The third kappa shape index (κ3) is 1.75. The molecule has 0 saturated heterocycles. The molecule has 2 aliphatic rings. The first-order valence-corrected chi connectivity index (χ1v) is 7.78. The Bertz CT molecular complexity index is 604. The normalized spacial score (nSPS) is 33.4. The van der Waals surface area contributed by atoms with Gasteiger partial charge in [-0.15, -0.1) is 0 Å². The summed E-state index contributed by atoms with van der Waals surface area (Å²) in [5, 5.41) is 7.47. The Hall–Kier alpha value is -1.52. The standard InChI is InChI=1S/C16H26N4O/c1-9-12(17)13(20(5)19-9)14(21)18-11-8-10-6-7-16(11,4)15(10,2)3/h10-11H,6-8,17H2,1-5H3,(H,18,21). The number of nitrogen functional groups attached to an aromatic ring is 1. The zero-order chi connectivity index (χ0) is 15.6. The Morgan fingerprint density at radius 2 is 2.10 bits per heavy atom. The van der Waals surface area contributed by atoms with Crippen LogP contribution in [0.4, 0.5) is 5.69 Å². The quantitative estimate of drug-likeness (QED) is 0.877. The summed E-state index contributed by atoms with van der Waals surface area (Å²) in [6.07, 6.45) is 3.55. The number of carbonyl (C=O) groups is 1. The predicted octanol–water partition coefficient (Wildman–Crippen LogP) is 2.26. The molecule has 2 bridgehead atoms. The lowest BCUT2D eigenvalue weighted by Gasteiger charge is -2.39. The molecule has 3 atom stereocenters. The average molecular weight is 290 g/mol. The molecule has 1 heterocycles. The molecule has 1 aromatic heterocycles. The maximum atomic E-state index is 12.6. The molecule has 116 valence electrons. The molecule has 0 aromatic carbocycles. The van der Waals surface area contributed by atoms with Crippen molar-refractivity contribution in [2.24, 2.45) is 23.8 Å². The van der Waals surface area contributed by atoms with Gasteiger partial charge in [0.2, 0.25) is 0 Å². The summed E-state index contributed by atoms with van der Waals surface area (Å²) in [5.41, 5.74) is 8.15. The summed E-state index contributed by atoms with van der Waals surface area (Å²) in [7, 11) is 1.77. The second-order valence-electron chi connectivity index (χ2n) is 7.61. The molecule has 1 amide bonds. The van der Waals surface area contributed by atoms with Gasteiger partial charge in [0.25, 0.3) is 5.91 Å². The van der Waals surface area contributed by atoms with E-state index in [9.17, 15) is 4.79 Å². The summed E-state index contributed by atoms with van der Waals surface area (Å²) in [6.45, 7) is 8.84. The van der Waals surface area contributed by atoms with E-state index in [0.717, 1.165) is 6.42 Å². The van der Waals surface area contributed by atoms with Gasteiger partial charge in [-0.1, -0.05) is 20.8 Å². The highest BCUT2D eigenvalue weighted by Gasteiger charge is 2.61. The van der Waals surface area contributed by atoms with Gasteiger partial charge in [-0.05, 0) is 42.9 Å². The number of nitrogens with one attached hydrogen (secondary N) is 1. The van der Waals surface area contributed by atoms with E-state index in [1.807, 2.05) is 6.92 Å². The lowest BCUT2D eigenvalue weighted by atomic mass is 9.69. The third-order valence-corrected chi connectivity index (χ3v) is 6.58. The highest BCUT2D eigenvalue weighted by Crippen LogP contribution is 2.65. The van der Waals surface area contributed by atoms with Gasteiger partial charge in [-0.25, -0.2) is 0 Å². The minimum atomic E-state index is -0.0924. The SMILES string of the molecule is Cc1nn(C)c(C(=O)NC2CC3CCC2(C)C3(C)C)c1N. The number of aryl methyl sites for hydroxylation is 2. The molecule has 2 fully saturated rings. The van der Waals surface area contributed by atoms with E-state index < -0.39 is 0 Å². The van der Waals surface area contributed by atoms with Crippen LogP contribution in [0.2, 0.25) is 0 Å². The molecule has 0 spiro atoms. The predicted molar refractivity (Wildman–Crippen MR) is 82.8 cm³/mol. The van der Waals surface area contributed by atoms with Crippen LogP contribution in [-0.4, -0.2) is 21.7 Å². The number of hydrogen-bond donors (Lipinski definition) is 2. The molecule has 3 N–H and O–H groups in total. The Morgan fingerprint density at radius 3 is 2.52 bits per heavy atom. The van der Waals surface area contributed by atoms with E-state index in [-0.39, 0.29) is 17.4 Å². The third-order valence-electron chi connectivity index (χ3n) is 6.58. The van der Waals surface area contributed by atoms with Crippen molar-refractivity contribution in [3.63, 3.8) is 0 Å². The van der Waals surface area contributed by atoms with Crippen molar-refractivity contribution in [1.82, 2.24) is 15.1 Å². The largest absolute Gasteiger partial charge is 0.395 e. The second kappa shape index (κ2) is 4.24. The van der Waals surface area contributed by atoms with Crippen LogP contribution < -0.4 is 11.1 Å². The number of nitrogens with two attached hydrogens (primary N) is 1. The van der Waals surface area contributed by atoms with Crippen LogP contribution in [0.25, 0.3) is 0 Å². The van der Waals surface area contributed by atoms with Crippen molar-refractivity contribution in [1.29, 1.82) is 0 Å². The van der Waals surface area contributed by atoms with Gasteiger partial charge >= 0.3 is 0 Å². The summed E-state index contributed by atoms with van der Waals surface area (Å²) in [4.78, 5) is 12.6. The summed E-state index contributed by atoms with van der Waals surface area (Å²) >= 11 is 0. The van der Waals surface area contributed by atoms with Gasteiger partial charge in [0, 0.05) is 13.1 Å². The molecule has 2 saturated carbocycles. The Kier molecular flexibility index (Phi) is 2.91. The minimum absolute atomic E-state index is 0.0924. The molecule has 1 aromatic rings. The number of aromatic nitrogens is 2. The zero-order valence-corrected chi connectivity index (χ0v) is 13.7. The van der Waals surface area contributed by atoms with E-state index in [4.69, 9.17) is 5.73 Å². The van der Waals surface area contributed by atoms with E-state index in [1.54, 1.807) is 11.7 Å². The average Bonchev–Trinajstić information content (AvgIpc) is 2.84. The molecule has 0 radical (unpaired) electrons. The monoisotopic (exact) mass is 290 g/mol. The number of amides is 1. The van der Waals surface area contributed by atoms with Crippen LogP contribution in [0.15, 0.2) is 0 Å². The van der Waals surface area contributed by atoms with Crippen LogP contribution in [0.3, 0.4) is 0 Å². The fourth-order valence-corrected chi connectivity index (χ4v) is 4.59. The topological polar surface area (TPSA) is 72.9 Å². The van der Waals surface area contributed by atoms with Crippen LogP contribution in [0.1, 0.15) is 56.2 Å². The smallest absolute Gasteiger partial charge is 0.271 e. The van der Waals surface area contributed by atoms with Crippen molar-refractivity contribution >= 4 is 11.6 Å². The van der Waals surface area contributed by atoms with Crippen molar-refractivity contribution < 1.29 is 4.79 Å². The number of nitrogens with zero attached hydrogens (tertiary/aromatic N) is 2. The number of carbonyl (C=O) groups excluding carboxylic acids is 1. The van der Waals surface area contributed by atoms with Gasteiger partial charge < -0.3 is 11.1 Å². The summed E-state index contributed by atoms with van der Waals surface area (Å²) in [5.74, 6) is 0.614. The van der Waals surface area contributed by atoms with Gasteiger partial charge in [0.05, 0.1) is 11.4 Å². The Morgan fingerprint density at radius 1 is 1.43 bits per heavy atom. The van der Waals surface area contributed by atoms with E-state index in [0.29, 0.717) is 28.4 Å². The molecule has 5 nitrogen and oxygen atoms in total. The maximum Gasteiger partial charge on any atom is 0.271 e. The van der Waals surface area contributed by atoms with Crippen LogP contribution >= 0.6 is 0 Å². The van der Waals surface area contributed by atoms with Crippen LogP contribution in [-0.2, 0) is 7.05 Å². The first-order chi connectivity index (χ1) is 9.68. The summed E-state index contributed by atoms with van der Waals surface area (Å²) in [6, 6.07) is 0.230. The number of anilines is 1. The van der Waals surface area contributed by atoms with Gasteiger partial charge in [-0.2, -0.15) is 5.10 Å². The van der Waals surface area contributed by atoms with E-state index in [2.05, 4.69) is 31.2 Å². The van der Waals surface area contributed by atoms with E-state index >= 15 is 0 Å². The Labute approximate surface area is 126 Å².